The van der Waals surface area contributed by atoms with Gasteiger partial charge in [-0.2, -0.15) is 0 Å². The Morgan fingerprint density at radius 3 is 2.07 bits per heavy atom. The number of methoxy groups -OCH3 is 1. The van der Waals surface area contributed by atoms with Crippen LogP contribution < -0.4 is 10.5 Å². The van der Waals surface area contributed by atoms with Gasteiger partial charge < -0.3 is 10.5 Å². The minimum atomic E-state index is -0.867. The van der Waals surface area contributed by atoms with Crippen molar-refractivity contribution < 1.29 is 14.6 Å². The highest BCUT2D eigenvalue weighted by molar-refractivity contribution is 5.67. The molecule has 0 unspecified atom stereocenters. The van der Waals surface area contributed by atoms with Crippen LogP contribution in [0.3, 0.4) is 0 Å². The lowest BCUT2D eigenvalue weighted by Crippen LogP contribution is -2.00. The van der Waals surface area contributed by atoms with Crippen LogP contribution in [0.1, 0.15) is 0 Å². The molecule has 0 aliphatic rings. The zero-order valence-corrected chi connectivity index (χ0v) is 7.67. The van der Waals surface area contributed by atoms with Crippen molar-refractivity contribution in [3.05, 3.63) is 32.4 Å². The highest BCUT2D eigenvalue weighted by Crippen LogP contribution is 2.35. The van der Waals surface area contributed by atoms with Gasteiger partial charge in [0, 0.05) is 0 Å². The molecule has 0 saturated carbocycles. The number of ether oxygens (including phenoxy) is 1. The Labute approximate surface area is 83.6 Å². The molecule has 80 valence electrons. The molecule has 0 spiro atoms. The average molecular weight is 213 g/mol. The van der Waals surface area contributed by atoms with Crippen LogP contribution in [0.2, 0.25) is 0 Å². The maximum atomic E-state index is 10.5. The van der Waals surface area contributed by atoms with E-state index in [9.17, 15) is 20.2 Å². The van der Waals surface area contributed by atoms with Gasteiger partial charge in [-0.1, -0.05) is 0 Å². The Morgan fingerprint density at radius 2 is 1.67 bits per heavy atom. The zero-order chi connectivity index (χ0) is 11.6. The lowest BCUT2D eigenvalue weighted by atomic mass is 10.2. The number of nitrogens with two attached hydrogens (primary N) is 1. The molecule has 8 nitrogen and oxygen atoms in total. The van der Waals surface area contributed by atoms with Gasteiger partial charge in [-0.05, 0) is 0 Å². The molecule has 1 aromatic rings. The number of nitrogen functional groups attached to an aromatic ring is 1. The average Bonchev–Trinajstić information content (AvgIpc) is 2.16. The van der Waals surface area contributed by atoms with Gasteiger partial charge in [0.25, 0.3) is 0 Å². The van der Waals surface area contributed by atoms with E-state index in [0.717, 1.165) is 12.1 Å². The molecule has 0 atom stereocenters. The Kier molecular flexibility index (Phi) is 2.70. The van der Waals surface area contributed by atoms with Crippen LogP contribution >= 0.6 is 0 Å². The second-order valence-electron chi connectivity index (χ2n) is 2.60. The number of anilines is 1. The largest absolute Gasteiger partial charge is 0.494 e. The van der Waals surface area contributed by atoms with Crippen LogP contribution in [-0.4, -0.2) is 17.0 Å². The SMILES string of the molecule is COc1cc([N+](=O)[O-])c([N+](=O)[O-])cc1N. The van der Waals surface area contributed by atoms with E-state index in [-0.39, 0.29) is 11.4 Å². The van der Waals surface area contributed by atoms with Crippen LogP contribution in [0, 0.1) is 20.2 Å². The summed E-state index contributed by atoms with van der Waals surface area (Å²) in [6.07, 6.45) is 0. The minimum Gasteiger partial charge on any atom is -0.494 e. The summed E-state index contributed by atoms with van der Waals surface area (Å²) in [5, 5.41) is 21.0. The fraction of sp³-hybridized carbons (Fsp3) is 0.143. The second kappa shape index (κ2) is 3.78. The first kappa shape index (κ1) is 10.7. The van der Waals surface area contributed by atoms with E-state index in [0.29, 0.717) is 0 Å². The van der Waals surface area contributed by atoms with Crippen molar-refractivity contribution in [2.45, 2.75) is 0 Å². The van der Waals surface area contributed by atoms with Crippen molar-refractivity contribution in [3.63, 3.8) is 0 Å². The van der Waals surface area contributed by atoms with E-state index in [1.165, 1.54) is 7.11 Å². The first-order chi connectivity index (χ1) is 6.97. The predicted octanol–water partition coefficient (Wildman–Crippen LogP) is 1.09. The van der Waals surface area contributed by atoms with Gasteiger partial charge in [0.15, 0.2) is 0 Å². The quantitative estimate of drug-likeness (QED) is 0.455. The first-order valence-corrected chi connectivity index (χ1v) is 3.73. The second-order valence-corrected chi connectivity index (χ2v) is 2.60. The summed E-state index contributed by atoms with van der Waals surface area (Å²) in [4.78, 5) is 19.3. The van der Waals surface area contributed by atoms with Crippen LogP contribution in [0.4, 0.5) is 17.1 Å². The maximum absolute atomic E-state index is 10.5. The van der Waals surface area contributed by atoms with Crippen molar-refractivity contribution in [2.24, 2.45) is 0 Å². The lowest BCUT2D eigenvalue weighted by Gasteiger charge is -2.03. The molecule has 15 heavy (non-hydrogen) atoms. The Hall–Kier alpha value is -2.38. The molecule has 2 N–H and O–H groups in total. The smallest absolute Gasteiger partial charge is 0.349 e. The van der Waals surface area contributed by atoms with Gasteiger partial charge in [-0.15, -0.1) is 0 Å². The molecule has 0 fully saturated rings. The van der Waals surface area contributed by atoms with Crippen LogP contribution in [0.5, 0.6) is 5.75 Å². The number of nitro benzene ring substituents is 2. The molecule has 0 radical (unpaired) electrons. The molecule has 0 bridgehead atoms. The lowest BCUT2D eigenvalue weighted by molar-refractivity contribution is -0.422. The predicted molar refractivity (Wildman–Crippen MR) is 50.7 cm³/mol. The molecule has 0 amide bonds. The van der Waals surface area contributed by atoms with Gasteiger partial charge >= 0.3 is 11.4 Å². The van der Waals surface area contributed by atoms with Gasteiger partial charge in [0.1, 0.15) is 5.75 Å². The molecule has 1 rings (SSSR count). The van der Waals surface area contributed by atoms with E-state index in [2.05, 4.69) is 0 Å². The standard InChI is InChI=1S/C7H7N3O5/c1-15-7-3-6(10(13)14)5(9(11)12)2-4(7)8/h2-3H,8H2,1H3. The number of benzene rings is 1. The summed E-state index contributed by atoms with van der Waals surface area (Å²) < 4.78 is 4.72. The van der Waals surface area contributed by atoms with Crippen molar-refractivity contribution in [1.82, 2.24) is 0 Å². The van der Waals surface area contributed by atoms with Gasteiger partial charge in [0.2, 0.25) is 0 Å². The summed E-state index contributed by atoms with van der Waals surface area (Å²) in [5.41, 5.74) is 4.07. The molecule has 0 saturated heterocycles. The van der Waals surface area contributed by atoms with Crippen LogP contribution in [0.25, 0.3) is 0 Å². The molecule has 0 heterocycles. The normalized spacial score (nSPS) is 9.67. The summed E-state index contributed by atoms with van der Waals surface area (Å²) >= 11 is 0. The summed E-state index contributed by atoms with van der Waals surface area (Å²) in [7, 11) is 1.27. The number of rotatable bonds is 3. The van der Waals surface area contributed by atoms with Crippen molar-refractivity contribution in [1.29, 1.82) is 0 Å². The monoisotopic (exact) mass is 213 g/mol. The van der Waals surface area contributed by atoms with E-state index >= 15 is 0 Å². The number of nitrogens with zero attached hydrogens (tertiary/aromatic N) is 2. The highest BCUT2D eigenvalue weighted by Gasteiger charge is 2.26. The first-order valence-electron chi connectivity index (χ1n) is 3.73. The van der Waals surface area contributed by atoms with E-state index in [1.54, 1.807) is 0 Å². The van der Waals surface area contributed by atoms with Gasteiger partial charge in [-0.3, -0.25) is 20.2 Å². The highest BCUT2D eigenvalue weighted by atomic mass is 16.6. The molecular weight excluding hydrogens is 206 g/mol. The summed E-state index contributed by atoms with van der Waals surface area (Å²) in [5.74, 6) is 0.0345. The fourth-order valence-corrected chi connectivity index (χ4v) is 1.04. The van der Waals surface area contributed by atoms with Gasteiger partial charge in [0.05, 0.1) is 34.8 Å². The molecule has 0 aromatic heterocycles. The molecule has 8 heteroatoms. The third-order valence-electron chi connectivity index (χ3n) is 1.72. The van der Waals surface area contributed by atoms with Crippen LogP contribution in [-0.2, 0) is 0 Å². The third-order valence-corrected chi connectivity index (χ3v) is 1.72. The van der Waals surface area contributed by atoms with Crippen molar-refractivity contribution in [3.8, 4) is 5.75 Å². The summed E-state index contributed by atoms with van der Waals surface area (Å²) in [6, 6.07) is 1.82. The molecule has 0 aliphatic heterocycles. The fourth-order valence-electron chi connectivity index (χ4n) is 1.04. The molecular formula is C7H7N3O5. The number of nitro groups is 2. The van der Waals surface area contributed by atoms with Crippen molar-refractivity contribution >= 4 is 17.1 Å². The maximum Gasteiger partial charge on any atom is 0.349 e. The minimum absolute atomic E-state index is 0.0187. The Bertz CT molecular complexity index is 431. The molecule has 0 aliphatic carbocycles. The van der Waals surface area contributed by atoms with Crippen LogP contribution in [0.15, 0.2) is 12.1 Å². The van der Waals surface area contributed by atoms with E-state index in [1.807, 2.05) is 0 Å². The Balaban J connectivity index is 3.45. The van der Waals surface area contributed by atoms with Gasteiger partial charge in [-0.25, -0.2) is 0 Å². The third kappa shape index (κ3) is 1.93. The molecule has 1 aromatic carbocycles. The van der Waals surface area contributed by atoms with Crippen molar-refractivity contribution in [2.75, 3.05) is 12.8 Å². The zero-order valence-electron chi connectivity index (χ0n) is 7.67. The number of hydrogen-bond acceptors (Lipinski definition) is 6. The van der Waals surface area contributed by atoms with E-state index in [4.69, 9.17) is 10.5 Å². The topological polar surface area (TPSA) is 122 Å². The summed E-state index contributed by atoms with van der Waals surface area (Å²) in [6.45, 7) is 0. The Morgan fingerprint density at radius 1 is 1.20 bits per heavy atom. The number of hydrogen-bond donors (Lipinski definition) is 1. The van der Waals surface area contributed by atoms with E-state index < -0.39 is 21.2 Å².